The van der Waals surface area contributed by atoms with Crippen LogP contribution in [-0.4, -0.2) is 73.4 Å². The molecule has 0 spiro atoms. The molecule has 1 unspecified atom stereocenters. The first-order valence-corrected chi connectivity index (χ1v) is 11.8. The van der Waals surface area contributed by atoms with E-state index in [1.54, 1.807) is 12.2 Å². The Bertz CT molecular complexity index is 809. The lowest BCUT2D eigenvalue weighted by Crippen LogP contribution is -2.65. The number of nitrogens with zero attached hydrogens (tertiary/aromatic N) is 3. The van der Waals surface area contributed by atoms with E-state index in [1.165, 1.54) is 11.8 Å². The minimum absolute atomic E-state index is 0.0468. The molecule has 0 amide bonds. The lowest BCUT2D eigenvalue weighted by molar-refractivity contribution is -0.126. The monoisotopic (exact) mass is 437 g/mol. The van der Waals surface area contributed by atoms with E-state index in [0.717, 1.165) is 65.1 Å². The van der Waals surface area contributed by atoms with Gasteiger partial charge in [0.05, 0.1) is 11.7 Å². The molecule has 0 aromatic carbocycles. The summed E-state index contributed by atoms with van der Waals surface area (Å²) in [5, 5.41) is 13.0. The number of rotatable bonds is 8. The number of nitrogens with one attached hydrogen (secondary N) is 1. The molecule has 0 saturated carbocycles. The van der Waals surface area contributed by atoms with Crippen LogP contribution in [0, 0.1) is 11.3 Å². The molecule has 0 radical (unpaired) electrons. The van der Waals surface area contributed by atoms with Gasteiger partial charge < -0.3 is 15.8 Å². The molecular formula is C26H39N5O. The Morgan fingerprint density at radius 3 is 2.78 bits per heavy atom. The second-order valence-corrected chi connectivity index (χ2v) is 9.66. The van der Waals surface area contributed by atoms with Crippen molar-refractivity contribution in [2.45, 2.75) is 44.2 Å². The molecule has 6 nitrogen and oxygen atoms in total. The summed E-state index contributed by atoms with van der Waals surface area (Å²) in [6, 6.07) is 2.26. The van der Waals surface area contributed by atoms with E-state index in [9.17, 15) is 5.26 Å². The number of hydrogen-bond acceptors (Lipinski definition) is 6. The Kier molecular flexibility index (Phi) is 8.89. The summed E-state index contributed by atoms with van der Waals surface area (Å²) < 4.78 is 6.07. The molecule has 3 aliphatic rings. The van der Waals surface area contributed by atoms with Crippen LogP contribution in [0.2, 0.25) is 0 Å². The molecule has 0 aromatic rings. The van der Waals surface area contributed by atoms with E-state index in [2.05, 4.69) is 65.4 Å². The fourth-order valence-electron chi connectivity index (χ4n) is 5.13. The number of piperazine rings is 1. The van der Waals surface area contributed by atoms with Crippen LogP contribution in [-0.2, 0) is 4.74 Å². The highest BCUT2D eigenvalue weighted by Crippen LogP contribution is 2.37. The summed E-state index contributed by atoms with van der Waals surface area (Å²) in [6.07, 6.45) is 18.9. The van der Waals surface area contributed by atoms with Gasteiger partial charge in [-0.1, -0.05) is 36.0 Å². The summed E-state index contributed by atoms with van der Waals surface area (Å²) in [5.74, 6) is 0. The van der Waals surface area contributed by atoms with Gasteiger partial charge in [0.25, 0.3) is 0 Å². The number of ether oxygens (including phenoxy) is 1. The zero-order valence-electron chi connectivity index (χ0n) is 19.7. The number of hydrogen-bond donors (Lipinski definition) is 2. The maximum absolute atomic E-state index is 9.39. The zero-order valence-corrected chi connectivity index (χ0v) is 19.7. The second kappa shape index (κ2) is 11.6. The third-order valence-corrected chi connectivity index (χ3v) is 6.68. The molecule has 1 atom stereocenters. The standard InChI is InChI=1S/C26H39N5O/c1-25(2)21-26(11-17-32-25,22-29-19-24(18-28)10-7-12-27)31-15-13-30(14-16-31)20-23-8-5-3-4-6-9-23/h3-8,10,12,29H,9,11,13-17,19-22,27H2,1-2H3/b12-7-,24-10-. The van der Waals surface area contributed by atoms with Crippen LogP contribution in [0.25, 0.3) is 0 Å². The number of allylic oxidation sites excluding steroid dienone is 7. The largest absolute Gasteiger partial charge is 0.405 e. The van der Waals surface area contributed by atoms with Crippen LogP contribution in [0.5, 0.6) is 0 Å². The smallest absolute Gasteiger partial charge is 0.0960 e. The Morgan fingerprint density at radius 2 is 2.06 bits per heavy atom. The molecule has 32 heavy (non-hydrogen) atoms. The van der Waals surface area contributed by atoms with Crippen molar-refractivity contribution in [1.82, 2.24) is 15.1 Å². The number of nitrogens with two attached hydrogens (primary N) is 1. The number of nitriles is 1. The van der Waals surface area contributed by atoms with E-state index in [0.29, 0.717) is 12.1 Å². The second-order valence-electron chi connectivity index (χ2n) is 9.66. The summed E-state index contributed by atoms with van der Waals surface area (Å²) in [5.41, 5.74) is 7.49. The first kappa shape index (κ1) is 24.5. The minimum Gasteiger partial charge on any atom is -0.405 e. The van der Waals surface area contributed by atoms with Gasteiger partial charge in [0.1, 0.15) is 0 Å². The maximum Gasteiger partial charge on any atom is 0.0960 e. The van der Waals surface area contributed by atoms with Gasteiger partial charge in [0, 0.05) is 63.5 Å². The van der Waals surface area contributed by atoms with Gasteiger partial charge in [-0.3, -0.25) is 9.80 Å². The predicted octanol–water partition coefficient (Wildman–Crippen LogP) is 2.89. The molecule has 2 saturated heterocycles. The summed E-state index contributed by atoms with van der Waals surface area (Å²) in [7, 11) is 0. The molecule has 2 fully saturated rings. The van der Waals surface area contributed by atoms with E-state index in [1.807, 2.05) is 0 Å². The van der Waals surface area contributed by atoms with Crippen LogP contribution in [0.15, 0.2) is 59.9 Å². The van der Waals surface area contributed by atoms with Crippen LogP contribution in [0.3, 0.4) is 0 Å². The molecule has 0 bridgehead atoms. The van der Waals surface area contributed by atoms with Crippen molar-refractivity contribution < 1.29 is 4.74 Å². The third kappa shape index (κ3) is 6.91. The summed E-state index contributed by atoms with van der Waals surface area (Å²) in [4.78, 5) is 5.26. The van der Waals surface area contributed by atoms with Crippen molar-refractivity contribution in [2.75, 3.05) is 52.4 Å². The lowest BCUT2D eigenvalue weighted by atomic mass is 9.79. The van der Waals surface area contributed by atoms with Crippen molar-refractivity contribution in [3.05, 3.63) is 59.9 Å². The fraction of sp³-hybridized carbons (Fsp3) is 0.577. The molecule has 174 valence electrons. The Balaban J connectivity index is 1.62. The minimum atomic E-state index is -0.142. The molecule has 6 heteroatoms. The van der Waals surface area contributed by atoms with Gasteiger partial charge in [-0.25, -0.2) is 0 Å². The molecule has 3 rings (SSSR count). The van der Waals surface area contributed by atoms with Crippen molar-refractivity contribution in [2.24, 2.45) is 5.73 Å². The molecule has 2 aliphatic heterocycles. The summed E-state index contributed by atoms with van der Waals surface area (Å²) in [6.45, 7) is 11.9. The van der Waals surface area contributed by atoms with Crippen molar-refractivity contribution in [3.63, 3.8) is 0 Å². The quantitative estimate of drug-likeness (QED) is 0.449. The van der Waals surface area contributed by atoms with E-state index in [-0.39, 0.29) is 11.1 Å². The van der Waals surface area contributed by atoms with Crippen LogP contribution in [0.1, 0.15) is 33.1 Å². The first-order valence-electron chi connectivity index (χ1n) is 11.8. The van der Waals surface area contributed by atoms with E-state index in [4.69, 9.17) is 10.5 Å². The Morgan fingerprint density at radius 1 is 1.25 bits per heavy atom. The predicted molar refractivity (Wildman–Crippen MR) is 131 cm³/mol. The lowest BCUT2D eigenvalue weighted by Gasteiger charge is -2.53. The van der Waals surface area contributed by atoms with Crippen LogP contribution < -0.4 is 11.1 Å². The van der Waals surface area contributed by atoms with Gasteiger partial charge in [-0.2, -0.15) is 5.26 Å². The molecular weight excluding hydrogens is 398 g/mol. The molecule has 0 aromatic heterocycles. The molecule has 1 aliphatic carbocycles. The van der Waals surface area contributed by atoms with E-state index < -0.39 is 0 Å². The average molecular weight is 438 g/mol. The first-order chi connectivity index (χ1) is 15.5. The van der Waals surface area contributed by atoms with Crippen molar-refractivity contribution >= 4 is 0 Å². The van der Waals surface area contributed by atoms with Crippen LogP contribution >= 0.6 is 0 Å². The average Bonchev–Trinajstić information content (AvgIpc) is 3.04. The van der Waals surface area contributed by atoms with Gasteiger partial charge in [-0.05, 0) is 51.5 Å². The topological polar surface area (TPSA) is 77.5 Å². The maximum atomic E-state index is 9.39. The van der Waals surface area contributed by atoms with Crippen molar-refractivity contribution in [3.8, 4) is 6.07 Å². The SMILES string of the molecule is CC1(C)CC(CNC/C(C#N)=C\C=C/N)(N2CCN(CC3=CC=CC=CC3)CC2)CCO1. The van der Waals surface area contributed by atoms with Gasteiger partial charge in [0.15, 0.2) is 0 Å². The van der Waals surface area contributed by atoms with Gasteiger partial charge in [0.2, 0.25) is 0 Å². The normalized spacial score (nSPS) is 27.3. The zero-order chi connectivity index (χ0) is 22.9. The molecule has 2 heterocycles. The fourth-order valence-corrected chi connectivity index (χ4v) is 5.13. The van der Waals surface area contributed by atoms with Gasteiger partial charge in [-0.15, -0.1) is 0 Å². The highest BCUT2D eigenvalue weighted by atomic mass is 16.5. The van der Waals surface area contributed by atoms with Gasteiger partial charge >= 0.3 is 0 Å². The molecule has 3 N–H and O–H groups in total. The van der Waals surface area contributed by atoms with Crippen molar-refractivity contribution in [1.29, 1.82) is 5.26 Å². The highest BCUT2D eigenvalue weighted by molar-refractivity contribution is 5.27. The third-order valence-electron chi connectivity index (χ3n) is 6.68. The van der Waals surface area contributed by atoms with Crippen LogP contribution in [0.4, 0.5) is 0 Å². The summed E-state index contributed by atoms with van der Waals surface area (Å²) >= 11 is 0. The Hall–Kier alpha value is -2.17. The Labute approximate surface area is 193 Å². The highest BCUT2D eigenvalue weighted by Gasteiger charge is 2.45. The van der Waals surface area contributed by atoms with E-state index >= 15 is 0 Å².